The molecule has 0 N–H and O–H groups in total. The van der Waals surface area contributed by atoms with E-state index in [1.54, 1.807) is 25.1 Å². The molecule has 0 unspecified atom stereocenters. The summed E-state index contributed by atoms with van der Waals surface area (Å²) >= 11 is 0. The summed E-state index contributed by atoms with van der Waals surface area (Å²) in [6.45, 7) is 1.35. The molecule has 0 saturated heterocycles. The highest BCUT2D eigenvalue weighted by Crippen LogP contribution is 2.02. The molecule has 0 saturated carbocycles. The molecule has 1 heterocycles. The van der Waals surface area contributed by atoms with Gasteiger partial charge in [-0.3, -0.25) is 4.57 Å². The van der Waals surface area contributed by atoms with Gasteiger partial charge in [0, 0.05) is 7.11 Å². The van der Waals surface area contributed by atoms with E-state index in [0.717, 1.165) is 0 Å². The first-order valence-electron chi connectivity index (χ1n) is 3.29. The maximum atomic E-state index is 4.92. The first-order chi connectivity index (χ1) is 5.38. The van der Waals surface area contributed by atoms with Gasteiger partial charge in [-0.1, -0.05) is 5.10 Å². The maximum absolute atomic E-state index is 4.92. The Kier molecular flexibility index (Phi) is 2.85. The highest BCUT2D eigenvalue weighted by molar-refractivity contribution is 4.90. The Bertz CT molecular complexity index is 211. The molecule has 0 aromatic carbocycles. The molecule has 1 aromatic rings. The van der Waals surface area contributed by atoms with Crippen LogP contribution in [0.15, 0.2) is 6.33 Å². The van der Waals surface area contributed by atoms with Crippen LogP contribution >= 0.6 is 0 Å². The van der Waals surface area contributed by atoms with E-state index in [1.807, 2.05) is 0 Å². The van der Waals surface area contributed by atoms with Crippen molar-refractivity contribution < 1.29 is 9.47 Å². The van der Waals surface area contributed by atoms with Crippen molar-refractivity contribution in [2.45, 2.75) is 6.54 Å². The Balaban J connectivity index is 2.54. The summed E-state index contributed by atoms with van der Waals surface area (Å²) in [5, 5.41) is 7.40. The molecule has 5 nitrogen and oxygen atoms in total. The average molecular weight is 157 g/mol. The zero-order valence-electron chi connectivity index (χ0n) is 6.65. The van der Waals surface area contributed by atoms with Gasteiger partial charge in [0.1, 0.15) is 6.33 Å². The Hall–Kier alpha value is -1.10. The molecule has 0 spiro atoms. The largest absolute Gasteiger partial charge is 0.467 e. The highest BCUT2D eigenvalue weighted by atomic mass is 16.5. The summed E-state index contributed by atoms with van der Waals surface area (Å²) < 4.78 is 11.6. The third-order valence-electron chi connectivity index (χ3n) is 1.30. The average Bonchev–Trinajstić information content (AvgIpc) is 2.47. The number of rotatable bonds is 4. The van der Waals surface area contributed by atoms with E-state index in [1.165, 1.54) is 0 Å². The van der Waals surface area contributed by atoms with Crippen molar-refractivity contribution in [2.24, 2.45) is 0 Å². The number of aromatic nitrogens is 3. The summed E-state index contributed by atoms with van der Waals surface area (Å²) in [6, 6.07) is 0.516. The quantitative estimate of drug-likeness (QED) is 0.614. The third kappa shape index (κ3) is 1.91. The fourth-order valence-electron chi connectivity index (χ4n) is 0.745. The lowest BCUT2D eigenvalue weighted by Gasteiger charge is -2.02. The fraction of sp³-hybridized carbons (Fsp3) is 0.667. The molecule has 0 bridgehead atoms. The van der Waals surface area contributed by atoms with Crippen LogP contribution in [0.4, 0.5) is 0 Å². The molecule has 0 aliphatic heterocycles. The van der Waals surface area contributed by atoms with Crippen LogP contribution in [-0.4, -0.2) is 35.6 Å². The standard InChI is InChI=1S/C6H11N3O2/c1-10-4-3-9-5-7-8-6(9)11-2/h5H,3-4H2,1-2H3. The molecule has 1 rings (SSSR count). The minimum absolute atomic E-state index is 0.516. The summed E-state index contributed by atoms with van der Waals surface area (Å²) in [4.78, 5) is 0. The van der Waals surface area contributed by atoms with Crippen LogP contribution in [0.2, 0.25) is 0 Å². The predicted molar refractivity (Wildman–Crippen MR) is 38.5 cm³/mol. The van der Waals surface area contributed by atoms with E-state index in [0.29, 0.717) is 19.2 Å². The first-order valence-corrected chi connectivity index (χ1v) is 3.29. The van der Waals surface area contributed by atoms with Crippen molar-refractivity contribution in [3.63, 3.8) is 0 Å². The molecular weight excluding hydrogens is 146 g/mol. The normalized spacial score (nSPS) is 10.0. The second-order valence-corrected chi connectivity index (χ2v) is 2.00. The van der Waals surface area contributed by atoms with Crippen LogP contribution in [0.3, 0.4) is 0 Å². The minimum Gasteiger partial charge on any atom is -0.467 e. The number of nitrogens with zero attached hydrogens (tertiary/aromatic N) is 3. The Morgan fingerprint density at radius 1 is 1.55 bits per heavy atom. The molecule has 1 aromatic heterocycles. The summed E-state index contributed by atoms with van der Waals surface area (Å²) in [7, 11) is 3.21. The topological polar surface area (TPSA) is 49.2 Å². The molecular formula is C6H11N3O2. The lowest BCUT2D eigenvalue weighted by Crippen LogP contribution is -2.04. The van der Waals surface area contributed by atoms with Gasteiger partial charge in [-0.2, -0.15) is 0 Å². The van der Waals surface area contributed by atoms with Gasteiger partial charge in [0.15, 0.2) is 0 Å². The Morgan fingerprint density at radius 3 is 3.00 bits per heavy atom. The van der Waals surface area contributed by atoms with Crippen molar-refractivity contribution in [1.29, 1.82) is 0 Å². The second-order valence-electron chi connectivity index (χ2n) is 2.00. The van der Waals surface area contributed by atoms with Gasteiger partial charge in [-0.25, -0.2) is 0 Å². The number of ether oxygens (including phenoxy) is 2. The zero-order valence-corrected chi connectivity index (χ0v) is 6.65. The van der Waals surface area contributed by atoms with E-state index >= 15 is 0 Å². The van der Waals surface area contributed by atoms with E-state index < -0.39 is 0 Å². The van der Waals surface area contributed by atoms with Crippen LogP contribution in [0.1, 0.15) is 0 Å². The lowest BCUT2D eigenvalue weighted by atomic mass is 10.7. The molecule has 0 aliphatic rings. The highest BCUT2D eigenvalue weighted by Gasteiger charge is 2.00. The minimum atomic E-state index is 0.516. The molecule has 0 atom stereocenters. The lowest BCUT2D eigenvalue weighted by molar-refractivity contribution is 0.183. The van der Waals surface area contributed by atoms with E-state index in [4.69, 9.17) is 9.47 Å². The van der Waals surface area contributed by atoms with Gasteiger partial charge in [0.05, 0.1) is 20.3 Å². The SMILES string of the molecule is COCCn1cnnc1OC. The molecule has 5 heteroatoms. The fourth-order valence-corrected chi connectivity index (χ4v) is 0.745. The predicted octanol–water partition coefficient (Wildman–Crippen LogP) is -0.0669. The zero-order chi connectivity index (χ0) is 8.10. The van der Waals surface area contributed by atoms with Gasteiger partial charge < -0.3 is 9.47 Å². The Morgan fingerprint density at radius 2 is 2.36 bits per heavy atom. The third-order valence-corrected chi connectivity index (χ3v) is 1.30. The first kappa shape index (κ1) is 8.00. The molecule has 62 valence electrons. The van der Waals surface area contributed by atoms with Crippen molar-refractivity contribution >= 4 is 0 Å². The van der Waals surface area contributed by atoms with Crippen molar-refractivity contribution in [1.82, 2.24) is 14.8 Å². The molecule has 0 radical (unpaired) electrons. The second kappa shape index (κ2) is 3.92. The molecule has 0 aliphatic carbocycles. The van der Waals surface area contributed by atoms with Crippen LogP contribution in [0.5, 0.6) is 6.01 Å². The maximum Gasteiger partial charge on any atom is 0.316 e. The van der Waals surface area contributed by atoms with Crippen LogP contribution in [0, 0.1) is 0 Å². The number of hydrogen-bond acceptors (Lipinski definition) is 4. The number of hydrogen-bond donors (Lipinski definition) is 0. The van der Waals surface area contributed by atoms with Crippen molar-refractivity contribution in [2.75, 3.05) is 20.8 Å². The Labute approximate surface area is 64.9 Å². The van der Waals surface area contributed by atoms with Gasteiger partial charge in [0.2, 0.25) is 0 Å². The van der Waals surface area contributed by atoms with Gasteiger partial charge in [-0.15, -0.1) is 5.10 Å². The molecule has 0 amide bonds. The summed E-state index contributed by atoms with van der Waals surface area (Å²) in [5.74, 6) is 0. The monoisotopic (exact) mass is 157 g/mol. The van der Waals surface area contributed by atoms with Gasteiger partial charge in [0.25, 0.3) is 0 Å². The molecule has 11 heavy (non-hydrogen) atoms. The van der Waals surface area contributed by atoms with E-state index in [-0.39, 0.29) is 0 Å². The summed E-state index contributed by atoms with van der Waals surface area (Å²) in [6.07, 6.45) is 1.61. The molecule has 0 fully saturated rings. The van der Waals surface area contributed by atoms with Crippen LogP contribution in [-0.2, 0) is 11.3 Å². The van der Waals surface area contributed by atoms with Gasteiger partial charge >= 0.3 is 6.01 Å². The van der Waals surface area contributed by atoms with Crippen LogP contribution < -0.4 is 4.74 Å². The van der Waals surface area contributed by atoms with E-state index in [2.05, 4.69) is 10.2 Å². The summed E-state index contributed by atoms with van der Waals surface area (Å²) in [5.41, 5.74) is 0. The van der Waals surface area contributed by atoms with Crippen LogP contribution in [0.25, 0.3) is 0 Å². The smallest absolute Gasteiger partial charge is 0.316 e. The van der Waals surface area contributed by atoms with Crippen molar-refractivity contribution in [3.8, 4) is 6.01 Å². The van der Waals surface area contributed by atoms with Crippen molar-refractivity contribution in [3.05, 3.63) is 6.33 Å². The van der Waals surface area contributed by atoms with Gasteiger partial charge in [-0.05, 0) is 0 Å². The number of methoxy groups -OCH3 is 2. The van der Waals surface area contributed by atoms with E-state index in [9.17, 15) is 0 Å².